The zero-order valence-electron chi connectivity index (χ0n) is 12.3. The molecular formula is C16H18N4O2. The lowest BCUT2D eigenvalue weighted by Gasteiger charge is -2.18. The number of ether oxygens (including phenoxy) is 1. The summed E-state index contributed by atoms with van der Waals surface area (Å²) in [6.07, 6.45) is 0.827. The van der Waals surface area contributed by atoms with Crippen LogP contribution in [0.25, 0.3) is 0 Å². The molecule has 22 heavy (non-hydrogen) atoms. The second-order valence-electron chi connectivity index (χ2n) is 5.11. The predicted molar refractivity (Wildman–Crippen MR) is 85.0 cm³/mol. The van der Waals surface area contributed by atoms with Gasteiger partial charge in [0, 0.05) is 25.2 Å². The first-order valence-electron chi connectivity index (χ1n) is 7.12. The number of aromatic nitrogens is 1. The number of amides is 1. The number of nitrogens with two attached hydrogens (primary N) is 1. The van der Waals surface area contributed by atoms with Gasteiger partial charge in [-0.25, -0.2) is 4.98 Å². The van der Waals surface area contributed by atoms with Crippen molar-refractivity contribution in [3.63, 3.8) is 0 Å². The van der Waals surface area contributed by atoms with E-state index in [1.165, 1.54) is 0 Å². The fourth-order valence-corrected chi connectivity index (χ4v) is 2.53. The number of anilines is 2. The van der Waals surface area contributed by atoms with Crippen LogP contribution >= 0.6 is 0 Å². The summed E-state index contributed by atoms with van der Waals surface area (Å²) < 4.78 is 5.23. The third-order valence-electron chi connectivity index (χ3n) is 3.67. The lowest BCUT2D eigenvalue weighted by Crippen LogP contribution is -2.26. The minimum Gasteiger partial charge on any atom is -0.495 e. The zero-order valence-corrected chi connectivity index (χ0v) is 12.3. The molecule has 1 aromatic heterocycles. The number of para-hydroxylation sites is 2. The van der Waals surface area contributed by atoms with Crippen LogP contribution in [0.5, 0.6) is 5.75 Å². The highest BCUT2D eigenvalue weighted by atomic mass is 16.5. The Balaban J connectivity index is 1.89. The maximum absolute atomic E-state index is 12.5. The van der Waals surface area contributed by atoms with Crippen LogP contribution in [0.15, 0.2) is 30.3 Å². The summed E-state index contributed by atoms with van der Waals surface area (Å²) in [6, 6.07) is 9.05. The standard InChI is InChI=1S/C16H18N4O2/c1-22-14-5-3-2-4-13(14)20-16(21)11-8-10-9-18-7-6-12(10)19-15(11)17/h2-5,8,18H,6-7,9H2,1H3,(H2,17,19)(H,20,21). The van der Waals surface area contributed by atoms with Crippen LogP contribution in [0.1, 0.15) is 21.6 Å². The molecule has 2 heterocycles. The van der Waals surface area contributed by atoms with Gasteiger partial charge in [0.05, 0.1) is 18.4 Å². The highest BCUT2D eigenvalue weighted by Gasteiger charge is 2.18. The molecule has 0 atom stereocenters. The largest absolute Gasteiger partial charge is 0.495 e. The fourth-order valence-electron chi connectivity index (χ4n) is 2.53. The molecule has 0 saturated heterocycles. The van der Waals surface area contributed by atoms with Gasteiger partial charge in [-0.15, -0.1) is 0 Å². The van der Waals surface area contributed by atoms with Gasteiger partial charge < -0.3 is 21.1 Å². The minimum atomic E-state index is -0.289. The van der Waals surface area contributed by atoms with Crippen molar-refractivity contribution in [2.75, 3.05) is 24.7 Å². The second kappa shape index (κ2) is 6.03. The molecule has 0 fully saturated rings. The molecule has 1 aromatic carbocycles. The number of pyridine rings is 1. The number of rotatable bonds is 3. The van der Waals surface area contributed by atoms with E-state index in [1.54, 1.807) is 19.2 Å². The van der Waals surface area contributed by atoms with Crippen molar-refractivity contribution in [1.29, 1.82) is 0 Å². The van der Waals surface area contributed by atoms with Crippen molar-refractivity contribution >= 4 is 17.4 Å². The second-order valence-corrected chi connectivity index (χ2v) is 5.11. The summed E-state index contributed by atoms with van der Waals surface area (Å²) in [5.74, 6) is 0.568. The third kappa shape index (κ3) is 2.73. The van der Waals surface area contributed by atoms with E-state index in [0.717, 1.165) is 24.2 Å². The van der Waals surface area contributed by atoms with E-state index in [0.29, 0.717) is 23.5 Å². The zero-order chi connectivity index (χ0) is 15.5. The molecule has 4 N–H and O–H groups in total. The van der Waals surface area contributed by atoms with Gasteiger partial charge in [0.15, 0.2) is 0 Å². The Morgan fingerprint density at radius 3 is 3.05 bits per heavy atom. The normalized spacial score (nSPS) is 13.3. The smallest absolute Gasteiger partial charge is 0.259 e. The molecule has 114 valence electrons. The Bertz CT molecular complexity index is 715. The van der Waals surface area contributed by atoms with Crippen molar-refractivity contribution in [2.24, 2.45) is 0 Å². The summed E-state index contributed by atoms with van der Waals surface area (Å²) >= 11 is 0. The number of nitrogen functional groups attached to an aromatic ring is 1. The molecule has 0 unspecified atom stereocenters. The highest BCUT2D eigenvalue weighted by Crippen LogP contribution is 2.25. The van der Waals surface area contributed by atoms with Crippen LogP contribution in [0.3, 0.4) is 0 Å². The molecular weight excluding hydrogens is 280 g/mol. The Hall–Kier alpha value is -2.60. The van der Waals surface area contributed by atoms with Crippen LogP contribution in [0.4, 0.5) is 11.5 Å². The predicted octanol–water partition coefficient (Wildman–Crippen LogP) is 1.57. The van der Waals surface area contributed by atoms with E-state index in [4.69, 9.17) is 10.5 Å². The number of nitrogens with one attached hydrogen (secondary N) is 2. The summed E-state index contributed by atoms with van der Waals surface area (Å²) in [5.41, 5.74) is 8.91. The van der Waals surface area contributed by atoms with Crippen molar-refractivity contribution in [2.45, 2.75) is 13.0 Å². The molecule has 1 aliphatic heterocycles. The fraction of sp³-hybridized carbons (Fsp3) is 0.250. The number of fused-ring (bicyclic) bond motifs is 1. The minimum absolute atomic E-state index is 0.257. The van der Waals surface area contributed by atoms with Gasteiger partial charge in [-0.3, -0.25) is 4.79 Å². The van der Waals surface area contributed by atoms with Crippen LogP contribution in [0.2, 0.25) is 0 Å². The van der Waals surface area contributed by atoms with Gasteiger partial charge in [0.2, 0.25) is 0 Å². The number of carbonyl (C=O) groups excluding carboxylic acids is 1. The average Bonchev–Trinajstić information content (AvgIpc) is 2.54. The highest BCUT2D eigenvalue weighted by molar-refractivity contribution is 6.08. The molecule has 6 nitrogen and oxygen atoms in total. The molecule has 3 rings (SSSR count). The van der Waals surface area contributed by atoms with Crippen LogP contribution in [-0.4, -0.2) is 24.5 Å². The molecule has 0 spiro atoms. The number of benzene rings is 1. The number of methoxy groups -OCH3 is 1. The van der Waals surface area contributed by atoms with Crippen molar-refractivity contribution in [1.82, 2.24) is 10.3 Å². The molecule has 1 amide bonds. The summed E-state index contributed by atoms with van der Waals surface area (Å²) in [5, 5.41) is 6.08. The molecule has 6 heteroatoms. The Morgan fingerprint density at radius 1 is 1.41 bits per heavy atom. The summed E-state index contributed by atoms with van der Waals surface area (Å²) in [4.78, 5) is 16.8. The van der Waals surface area contributed by atoms with Gasteiger partial charge in [-0.05, 0) is 23.8 Å². The SMILES string of the molecule is COc1ccccc1NC(=O)c1cc2c(nc1N)CCNC2. The molecule has 1 aliphatic rings. The first-order chi connectivity index (χ1) is 10.7. The van der Waals surface area contributed by atoms with Gasteiger partial charge in [-0.1, -0.05) is 12.1 Å². The van der Waals surface area contributed by atoms with Gasteiger partial charge >= 0.3 is 0 Å². The molecule has 0 saturated carbocycles. The van der Waals surface area contributed by atoms with Gasteiger partial charge in [0.1, 0.15) is 11.6 Å². The first kappa shape index (κ1) is 14.3. The number of carbonyl (C=O) groups is 1. The monoisotopic (exact) mass is 298 g/mol. The Kier molecular flexibility index (Phi) is 3.93. The van der Waals surface area contributed by atoms with Crippen molar-refractivity contribution in [3.8, 4) is 5.75 Å². The molecule has 0 bridgehead atoms. The van der Waals surface area contributed by atoms with Gasteiger partial charge in [-0.2, -0.15) is 0 Å². The van der Waals surface area contributed by atoms with E-state index in [-0.39, 0.29) is 11.7 Å². The van der Waals surface area contributed by atoms with E-state index in [9.17, 15) is 4.79 Å². The number of hydrogen-bond acceptors (Lipinski definition) is 5. The molecule has 0 aliphatic carbocycles. The van der Waals surface area contributed by atoms with Crippen LogP contribution in [-0.2, 0) is 13.0 Å². The maximum atomic E-state index is 12.5. The van der Waals surface area contributed by atoms with E-state index in [2.05, 4.69) is 15.6 Å². The molecule has 0 radical (unpaired) electrons. The van der Waals surface area contributed by atoms with Crippen molar-refractivity contribution < 1.29 is 9.53 Å². The van der Waals surface area contributed by atoms with Gasteiger partial charge in [0.25, 0.3) is 5.91 Å². The first-order valence-corrected chi connectivity index (χ1v) is 7.12. The lowest BCUT2D eigenvalue weighted by molar-refractivity contribution is 0.102. The topological polar surface area (TPSA) is 89.3 Å². The quantitative estimate of drug-likeness (QED) is 0.800. The molecule has 2 aromatic rings. The third-order valence-corrected chi connectivity index (χ3v) is 3.67. The summed E-state index contributed by atoms with van der Waals surface area (Å²) in [6.45, 7) is 1.59. The summed E-state index contributed by atoms with van der Waals surface area (Å²) in [7, 11) is 1.56. The number of hydrogen-bond donors (Lipinski definition) is 3. The van der Waals surface area contributed by atoms with Crippen molar-refractivity contribution in [3.05, 3.63) is 47.2 Å². The van der Waals surface area contributed by atoms with Crippen LogP contribution < -0.4 is 21.1 Å². The lowest BCUT2D eigenvalue weighted by atomic mass is 10.0. The average molecular weight is 298 g/mol. The Morgan fingerprint density at radius 2 is 2.23 bits per heavy atom. The van der Waals surface area contributed by atoms with E-state index in [1.807, 2.05) is 18.2 Å². The van der Waals surface area contributed by atoms with E-state index >= 15 is 0 Å². The Labute approximate surface area is 128 Å². The van der Waals surface area contributed by atoms with E-state index < -0.39 is 0 Å². The van der Waals surface area contributed by atoms with Crippen LogP contribution in [0, 0.1) is 0 Å². The maximum Gasteiger partial charge on any atom is 0.259 e. The number of nitrogens with zero attached hydrogens (tertiary/aromatic N) is 1.